The van der Waals surface area contributed by atoms with Gasteiger partial charge in [0.05, 0.1) is 0 Å². The van der Waals surface area contributed by atoms with Crippen LogP contribution in [0.3, 0.4) is 0 Å². The summed E-state index contributed by atoms with van der Waals surface area (Å²) in [6, 6.07) is 0. The van der Waals surface area contributed by atoms with E-state index in [1.54, 1.807) is 0 Å². The number of hydrogen-bond donors (Lipinski definition) is 1. The van der Waals surface area contributed by atoms with Gasteiger partial charge in [-0.3, -0.25) is 0 Å². The molecule has 0 aromatic carbocycles. The molecule has 0 spiro atoms. The Morgan fingerprint density at radius 3 is 2.38 bits per heavy atom. The number of anilines is 1. The van der Waals surface area contributed by atoms with Gasteiger partial charge in [-0.1, -0.05) is 25.7 Å². The number of nitrogens with zero attached hydrogens (tertiary/aromatic N) is 2. The lowest BCUT2D eigenvalue weighted by molar-refractivity contribution is 0.568. The molecule has 0 aliphatic heterocycles. The first kappa shape index (κ1) is 8.94. The monoisotopic (exact) mass is 197 g/mol. The molecule has 0 unspecified atom stereocenters. The lowest BCUT2D eigenvalue weighted by Gasteiger charge is -2.08. The van der Waals surface area contributed by atoms with Crippen LogP contribution in [0, 0.1) is 0 Å². The minimum atomic E-state index is 0.580. The van der Waals surface area contributed by atoms with E-state index >= 15 is 0 Å². The summed E-state index contributed by atoms with van der Waals surface area (Å²) in [5.41, 5.74) is 5.57. The lowest BCUT2D eigenvalue weighted by Crippen LogP contribution is -1.99. The summed E-state index contributed by atoms with van der Waals surface area (Å²) in [6.45, 7) is 0. The quantitative estimate of drug-likeness (QED) is 0.704. The van der Waals surface area contributed by atoms with Crippen LogP contribution in [-0.2, 0) is 0 Å². The molecule has 1 aliphatic carbocycles. The first-order valence-corrected chi connectivity index (χ1v) is 5.72. The zero-order chi connectivity index (χ0) is 9.10. The fourth-order valence-electron chi connectivity index (χ4n) is 1.95. The number of hydrogen-bond acceptors (Lipinski definition) is 4. The fourth-order valence-corrected chi connectivity index (χ4v) is 2.46. The predicted octanol–water partition coefficient (Wildman–Crippen LogP) is 2.56. The molecule has 1 fully saturated rings. The normalized spacial score (nSPS) is 20.0. The number of aromatic nitrogens is 2. The Labute approximate surface area is 82.5 Å². The highest BCUT2D eigenvalue weighted by Crippen LogP contribution is 2.30. The highest BCUT2D eigenvalue weighted by molar-refractivity contribution is 7.09. The third-order valence-electron chi connectivity index (χ3n) is 2.68. The van der Waals surface area contributed by atoms with Crippen molar-refractivity contribution in [3.8, 4) is 0 Å². The second-order valence-electron chi connectivity index (χ2n) is 3.68. The highest BCUT2D eigenvalue weighted by Gasteiger charge is 2.17. The van der Waals surface area contributed by atoms with E-state index in [4.69, 9.17) is 5.73 Å². The Balaban J connectivity index is 2.06. The molecule has 2 rings (SSSR count). The van der Waals surface area contributed by atoms with E-state index in [0.717, 1.165) is 5.82 Å². The Bertz CT molecular complexity index is 264. The number of rotatable bonds is 1. The van der Waals surface area contributed by atoms with Crippen LogP contribution in [0.4, 0.5) is 5.13 Å². The Morgan fingerprint density at radius 1 is 1.15 bits per heavy atom. The molecular weight excluding hydrogens is 182 g/mol. The Morgan fingerprint density at radius 2 is 1.85 bits per heavy atom. The van der Waals surface area contributed by atoms with E-state index in [2.05, 4.69) is 9.36 Å². The van der Waals surface area contributed by atoms with Crippen molar-refractivity contribution in [2.45, 2.75) is 44.4 Å². The van der Waals surface area contributed by atoms with Crippen molar-refractivity contribution in [3.63, 3.8) is 0 Å². The van der Waals surface area contributed by atoms with Gasteiger partial charge in [-0.2, -0.15) is 4.37 Å². The Kier molecular flexibility index (Phi) is 2.78. The summed E-state index contributed by atoms with van der Waals surface area (Å²) in [5, 5.41) is 0.610. The Hall–Kier alpha value is -0.640. The molecule has 1 heterocycles. The van der Waals surface area contributed by atoms with Gasteiger partial charge in [-0.15, -0.1) is 0 Å². The molecule has 0 saturated heterocycles. The molecule has 1 aromatic rings. The summed E-state index contributed by atoms with van der Waals surface area (Å²) in [7, 11) is 0. The van der Waals surface area contributed by atoms with E-state index in [1.165, 1.54) is 50.1 Å². The molecule has 0 atom stereocenters. The van der Waals surface area contributed by atoms with E-state index in [1.807, 2.05) is 0 Å². The molecule has 2 N–H and O–H groups in total. The molecule has 3 nitrogen and oxygen atoms in total. The van der Waals surface area contributed by atoms with Crippen molar-refractivity contribution >= 4 is 16.7 Å². The topological polar surface area (TPSA) is 51.8 Å². The second kappa shape index (κ2) is 4.05. The zero-order valence-corrected chi connectivity index (χ0v) is 8.52. The van der Waals surface area contributed by atoms with Crippen molar-refractivity contribution in [2.75, 3.05) is 5.73 Å². The van der Waals surface area contributed by atoms with Crippen LogP contribution in [0.5, 0.6) is 0 Å². The van der Waals surface area contributed by atoms with Gasteiger partial charge >= 0.3 is 0 Å². The van der Waals surface area contributed by atoms with Gasteiger partial charge in [-0.05, 0) is 12.8 Å². The van der Waals surface area contributed by atoms with Crippen molar-refractivity contribution in [1.29, 1.82) is 0 Å². The molecule has 4 heteroatoms. The zero-order valence-electron chi connectivity index (χ0n) is 7.70. The van der Waals surface area contributed by atoms with Crippen LogP contribution in [0.2, 0.25) is 0 Å². The largest absolute Gasteiger partial charge is 0.374 e. The van der Waals surface area contributed by atoms with Crippen LogP contribution in [-0.4, -0.2) is 9.36 Å². The van der Waals surface area contributed by atoms with Gasteiger partial charge in [0.15, 0.2) is 5.13 Å². The molecule has 0 bridgehead atoms. The maximum absolute atomic E-state index is 5.57. The average molecular weight is 197 g/mol. The van der Waals surface area contributed by atoms with E-state index in [0.29, 0.717) is 11.0 Å². The van der Waals surface area contributed by atoms with Gasteiger partial charge in [0, 0.05) is 17.5 Å². The van der Waals surface area contributed by atoms with Crippen LogP contribution in [0.1, 0.15) is 50.3 Å². The number of nitrogen functional groups attached to an aromatic ring is 1. The van der Waals surface area contributed by atoms with Crippen molar-refractivity contribution in [3.05, 3.63) is 5.82 Å². The van der Waals surface area contributed by atoms with E-state index in [-0.39, 0.29) is 0 Å². The molecule has 0 radical (unpaired) electrons. The summed E-state index contributed by atoms with van der Waals surface area (Å²) in [4.78, 5) is 4.26. The smallest absolute Gasteiger partial charge is 0.199 e. The molecule has 0 amide bonds. The van der Waals surface area contributed by atoms with E-state index in [9.17, 15) is 0 Å². The molecule has 1 aromatic heterocycles. The predicted molar refractivity (Wildman–Crippen MR) is 54.8 cm³/mol. The van der Waals surface area contributed by atoms with E-state index < -0.39 is 0 Å². The van der Waals surface area contributed by atoms with Crippen LogP contribution >= 0.6 is 11.5 Å². The first-order chi connectivity index (χ1) is 6.36. The van der Waals surface area contributed by atoms with Gasteiger partial charge in [0.25, 0.3) is 0 Å². The third kappa shape index (κ3) is 2.18. The fraction of sp³-hybridized carbons (Fsp3) is 0.778. The van der Waals surface area contributed by atoms with Gasteiger partial charge in [-0.25, -0.2) is 4.98 Å². The van der Waals surface area contributed by atoms with Crippen LogP contribution < -0.4 is 5.73 Å². The lowest BCUT2D eigenvalue weighted by atomic mass is 10.00. The molecule has 1 saturated carbocycles. The summed E-state index contributed by atoms with van der Waals surface area (Å²) in [5.74, 6) is 1.57. The van der Waals surface area contributed by atoms with Crippen LogP contribution in [0.25, 0.3) is 0 Å². The molecule has 72 valence electrons. The maximum Gasteiger partial charge on any atom is 0.199 e. The van der Waals surface area contributed by atoms with Crippen LogP contribution in [0.15, 0.2) is 0 Å². The van der Waals surface area contributed by atoms with Gasteiger partial charge in [0.2, 0.25) is 0 Å². The maximum atomic E-state index is 5.57. The van der Waals surface area contributed by atoms with Crippen molar-refractivity contribution < 1.29 is 0 Å². The standard InChI is InChI=1S/C9H15N3S/c10-9-11-8(12-13-9)7-5-3-1-2-4-6-7/h7H,1-6H2,(H2,10,11,12). The number of nitrogens with two attached hydrogens (primary N) is 1. The summed E-state index contributed by atoms with van der Waals surface area (Å²) < 4.78 is 4.29. The van der Waals surface area contributed by atoms with Gasteiger partial charge in [0.1, 0.15) is 5.82 Å². The molecule has 13 heavy (non-hydrogen) atoms. The molecular formula is C9H15N3S. The average Bonchev–Trinajstić information content (AvgIpc) is 2.43. The van der Waals surface area contributed by atoms with Gasteiger partial charge < -0.3 is 5.73 Å². The summed E-state index contributed by atoms with van der Waals surface area (Å²) in [6.07, 6.45) is 7.88. The SMILES string of the molecule is Nc1nc(C2CCCCCC2)ns1. The molecule has 1 aliphatic rings. The second-order valence-corrected chi connectivity index (χ2v) is 4.46. The minimum Gasteiger partial charge on any atom is -0.374 e. The highest BCUT2D eigenvalue weighted by atomic mass is 32.1. The van der Waals surface area contributed by atoms with Crippen molar-refractivity contribution in [2.24, 2.45) is 0 Å². The first-order valence-electron chi connectivity index (χ1n) is 4.95. The van der Waals surface area contributed by atoms with Crippen molar-refractivity contribution in [1.82, 2.24) is 9.36 Å². The summed E-state index contributed by atoms with van der Waals surface area (Å²) >= 11 is 1.32. The minimum absolute atomic E-state index is 0.580. The third-order valence-corrected chi connectivity index (χ3v) is 3.23.